The Hall–Kier alpha value is -1.89. The van der Waals surface area contributed by atoms with Gasteiger partial charge in [-0.2, -0.15) is 13.2 Å². The summed E-state index contributed by atoms with van der Waals surface area (Å²) in [4.78, 5) is 6.83. The van der Waals surface area contributed by atoms with Crippen molar-refractivity contribution in [1.29, 1.82) is 0 Å². The van der Waals surface area contributed by atoms with Crippen LogP contribution in [0.3, 0.4) is 0 Å². The van der Waals surface area contributed by atoms with E-state index in [0.29, 0.717) is 6.54 Å². The standard InChI is InChI=1S/C13H10ClF4N3/c1-2-19-11-6-10(20-12(21-11)13(16,17)18)7-3-8(14)5-9(15)4-7/h3-6H,2H2,1H3,(H,19,20,21). The fourth-order valence-corrected chi connectivity index (χ4v) is 1.92. The Labute approximate surface area is 123 Å². The van der Waals surface area contributed by atoms with Crippen LogP contribution in [0.15, 0.2) is 24.3 Å². The number of rotatable bonds is 3. The van der Waals surface area contributed by atoms with Gasteiger partial charge < -0.3 is 5.32 Å². The first kappa shape index (κ1) is 15.5. The maximum atomic E-state index is 13.3. The molecule has 1 aromatic heterocycles. The maximum Gasteiger partial charge on any atom is 0.451 e. The summed E-state index contributed by atoms with van der Waals surface area (Å²) in [5.41, 5.74) is 0.0849. The molecule has 0 spiro atoms. The van der Waals surface area contributed by atoms with Gasteiger partial charge in [0, 0.05) is 23.2 Å². The number of alkyl halides is 3. The zero-order valence-electron chi connectivity index (χ0n) is 10.8. The van der Waals surface area contributed by atoms with Crippen molar-refractivity contribution in [3.8, 4) is 11.3 Å². The van der Waals surface area contributed by atoms with Crippen LogP contribution < -0.4 is 5.32 Å². The molecule has 3 nitrogen and oxygen atoms in total. The molecule has 0 aliphatic rings. The Balaban J connectivity index is 2.59. The highest BCUT2D eigenvalue weighted by Gasteiger charge is 2.35. The Morgan fingerprint density at radius 1 is 1.14 bits per heavy atom. The summed E-state index contributed by atoms with van der Waals surface area (Å²) in [6.45, 7) is 2.10. The predicted octanol–water partition coefficient (Wildman–Crippen LogP) is 4.39. The summed E-state index contributed by atoms with van der Waals surface area (Å²) in [6.07, 6.45) is -4.70. The lowest BCUT2D eigenvalue weighted by molar-refractivity contribution is -0.144. The van der Waals surface area contributed by atoms with Crippen LogP contribution in [0.4, 0.5) is 23.4 Å². The summed E-state index contributed by atoms with van der Waals surface area (Å²) >= 11 is 5.71. The minimum atomic E-state index is -4.70. The number of halogens is 5. The fourth-order valence-electron chi connectivity index (χ4n) is 1.70. The molecular weight excluding hydrogens is 310 g/mol. The summed E-state index contributed by atoms with van der Waals surface area (Å²) in [6, 6.07) is 4.76. The number of hydrogen-bond acceptors (Lipinski definition) is 3. The highest BCUT2D eigenvalue weighted by molar-refractivity contribution is 6.30. The number of benzene rings is 1. The number of nitrogens with zero attached hydrogens (tertiary/aromatic N) is 2. The second kappa shape index (κ2) is 5.85. The molecule has 112 valence electrons. The molecule has 1 N–H and O–H groups in total. The van der Waals surface area contributed by atoms with E-state index in [2.05, 4.69) is 15.3 Å². The first-order valence-electron chi connectivity index (χ1n) is 5.96. The lowest BCUT2D eigenvalue weighted by atomic mass is 10.1. The van der Waals surface area contributed by atoms with Gasteiger partial charge in [0.05, 0.1) is 5.69 Å². The molecule has 0 aliphatic carbocycles. The van der Waals surface area contributed by atoms with Gasteiger partial charge in [0.1, 0.15) is 11.6 Å². The van der Waals surface area contributed by atoms with E-state index >= 15 is 0 Å². The van der Waals surface area contributed by atoms with E-state index in [-0.39, 0.29) is 22.1 Å². The molecule has 0 bridgehead atoms. The SMILES string of the molecule is CCNc1cc(-c2cc(F)cc(Cl)c2)nc(C(F)(F)F)n1. The van der Waals surface area contributed by atoms with Gasteiger partial charge in [-0.15, -0.1) is 0 Å². The van der Waals surface area contributed by atoms with E-state index in [4.69, 9.17) is 11.6 Å². The minimum Gasteiger partial charge on any atom is -0.370 e. The molecule has 1 aromatic carbocycles. The van der Waals surface area contributed by atoms with Crippen molar-refractivity contribution in [3.05, 3.63) is 40.9 Å². The van der Waals surface area contributed by atoms with E-state index in [1.807, 2.05) is 0 Å². The van der Waals surface area contributed by atoms with Crippen molar-refractivity contribution in [1.82, 2.24) is 9.97 Å². The van der Waals surface area contributed by atoms with Crippen LogP contribution in [0.25, 0.3) is 11.3 Å². The van der Waals surface area contributed by atoms with Gasteiger partial charge in [-0.25, -0.2) is 14.4 Å². The molecule has 1 heterocycles. The lowest BCUT2D eigenvalue weighted by Gasteiger charge is -2.11. The molecule has 0 saturated carbocycles. The average molecular weight is 320 g/mol. The molecule has 2 rings (SSSR count). The van der Waals surface area contributed by atoms with Gasteiger partial charge in [-0.3, -0.25) is 0 Å². The van der Waals surface area contributed by atoms with Crippen molar-refractivity contribution < 1.29 is 17.6 Å². The number of nitrogens with one attached hydrogen (secondary N) is 1. The molecule has 0 atom stereocenters. The summed E-state index contributed by atoms with van der Waals surface area (Å²) in [5.74, 6) is -1.94. The van der Waals surface area contributed by atoms with Crippen LogP contribution in [0.2, 0.25) is 5.02 Å². The molecule has 21 heavy (non-hydrogen) atoms. The zero-order chi connectivity index (χ0) is 15.6. The monoisotopic (exact) mass is 319 g/mol. The molecule has 0 saturated heterocycles. The van der Waals surface area contributed by atoms with E-state index in [1.165, 1.54) is 12.1 Å². The molecule has 0 aliphatic heterocycles. The summed E-state index contributed by atoms with van der Waals surface area (Å²) in [7, 11) is 0. The Kier molecular flexibility index (Phi) is 4.32. The van der Waals surface area contributed by atoms with Crippen molar-refractivity contribution in [2.24, 2.45) is 0 Å². The first-order valence-corrected chi connectivity index (χ1v) is 6.34. The van der Waals surface area contributed by atoms with E-state index in [0.717, 1.165) is 12.1 Å². The van der Waals surface area contributed by atoms with Crippen LogP contribution >= 0.6 is 11.6 Å². The van der Waals surface area contributed by atoms with Gasteiger partial charge >= 0.3 is 6.18 Å². The van der Waals surface area contributed by atoms with Crippen LogP contribution in [0.5, 0.6) is 0 Å². The van der Waals surface area contributed by atoms with Gasteiger partial charge in [0.25, 0.3) is 0 Å². The van der Waals surface area contributed by atoms with Crippen LogP contribution in [-0.2, 0) is 6.18 Å². The van der Waals surface area contributed by atoms with Crippen LogP contribution in [0.1, 0.15) is 12.7 Å². The molecule has 0 unspecified atom stereocenters. The molecular formula is C13H10ClF4N3. The third-order valence-corrected chi connectivity index (χ3v) is 2.71. The summed E-state index contributed by atoms with van der Waals surface area (Å²) < 4.78 is 51.8. The molecule has 8 heteroatoms. The van der Waals surface area contributed by atoms with E-state index in [9.17, 15) is 17.6 Å². The molecule has 0 fully saturated rings. The topological polar surface area (TPSA) is 37.8 Å². The van der Waals surface area contributed by atoms with Crippen molar-refractivity contribution >= 4 is 17.4 Å². The number of aromatic nitrogens is 2. The van der Waals surface area contributed by atoms with Crippen LogP contribution in [0, 0.1) is 5.82 Å². The third kappa shape index (κ3) is 3.81. The molecule has 0 radical (unpaired) electrons. The maximum absolute atomic E-state index is 13.3. The smallest absolute Gasteiger partial charge is 0.370 e. The highest BCUT2D eigenvalue weighted by atomic mass is 35.5. The summed E-state index contributed by atoms with van der Waals surface area (Å²) in [5, 5.41) is 2.75. The largest absolute Gasteiger partial charge is 0.451 e. The van der Waals surface area contributed by atoms with E-state index in [1.54, 1.807) is 6.92 Å². The van der Waals surface area contributed by atoms with Gasteiger partial charge in [-0.05, 0) is 25.1 Å². The zero-order valence-corrected chi connectivity index (χ0v) is 11.6. The third-order valence-electron chi connectivity index (χ3n) is 2.50. The molecule has 0 amide bonds. The second-order valence-corrected chi connectivity index (χ2v) is 4.58. The Morgan fingerprint density at radius 3 is 2.43 bits per heavy atom. The predicted molar refractivity (Wildman–Crippen MR) is 71.6 cm³/mol. The van der Waals surface area contributed by atoms with Crippen molar-refractivity contribution in [2.45, 2.75) is 13.1 Å². The second-order valence-electron chi connectivity index (χ2n) is 4.15. The highest BCUT2D eigenvalue weighted by Crippen LogP contribution is 2.30. The Bertz CT molecular complexity index is 638. The lowest BCUT2D eigenvalue weighted by Crippen LogP contribution is -2.13. The minimum absolute atomic E-state index is 0.00945. The van der Waals surface area contributed by atoms with Crippen molar-refractivity contribution in [2.75, 3.05) is 11.9 Å². The van der Waals surface area contributed by atoms with Crippen molar-refractivity contribution in [3.63, 3.8) is 0 Å². The quantitative estimate of drug-likeness (QED) is 0.853. The Morgan fingerprint density at radius 2 is 1.86 bits per heavy atom. The van der Waals surface area contributed by atoms with Gasteiger partial charge in [0.15, 0.2) is 0 Å². The average Bonchev–Trinajstić information content (AvgIpc) is 2.36. The van der Waals surface area contributed by atoms with Gasteiger partial charge in [-0.1, -0.05) is 11.6 Å². The first-order chi connectivity index (χ1) is 9.79. The number of hydrogen-bond donors (Lipinski definition) is 1. The normalized spacial score (nSPS) is 11.5. The fraction of sp³-hybridized carbons (Fsp3) is 0.231. The van der Waals surface area contributed by atoms with E-state index < -0.39 is 17.8 Å². The van der Waals surface area contributed by atoms with Crippen LogP contribution in [-0.4, -0.2) is 16.5 Å². The number of anilines is 1. The molecule has 2 aromatic rings. The van der Waals surface area contributed by atoms with Gasteiger partial charge in [0.2, 0.25) is 5.82 Å².